The van der Waals surface area contributed by atoms with Gasteiger partial charge in [-0.1, -0.05) is 49.6 Å². The van der Waals surface area contributed by atoms with Gasteiger partial charge in [0.25, 0.3) is 5.91 Å². The van der Waals surface area contributed by atoms with E-state index in [9.17, 15) is 9.59 Å². The number of nitrogens with zero attached hydrogens (tertiary/aromatic N) is 1. The van der Waals surface area contributed by atoms with Crippen molar-refractivity contribution >= 4 is 18.0 Å². The van der Waals surface area contributed by atoms with Crippen LogP contribution in [0, 0.1) is 0 Å². The maximum atomic E-state index is 12.0. The minimum atomic E-state index is -0.126. The molecule has 1 saturated carbocycles. The number of hydrazone groups is 1. The van der Waals surface area contributed by atoms with E-state index in [0.717, 1.165) is 24.0 Å². The molecule has 6 heteroatoms. The number of carbonyl (C=O) groups is 2. The zero-order valence-corrected chi connectivity index (χ0v) is 17.2. The lowest BCUT2D eigenvalue weighted by Crippen LogP contribution is -2.38. The van der Waals surface area contributed by atoms with Crippen molar-refractivity contribution in [3.05, 3.63) is 65.7 Å². The SMILES string of the molecule is O=C(CCc1ccccc1)N/N=C\c1ccc(OCC(=O)NC2CCCCC2)cc1. The number of aryl methyl sites for hydroxylation is 1. The molecule has 0 radical (unpaired) electrons. The van der Waals surface area contributed by atoms with Crippen molar-refractivity contribution in [2.75, 3.05) is 6.61 Å². The molecular formula is C24H29N3O3. The highest BCUT2D eigenvalue weighted by Gasteiger charge is 2.15. The number of amides is 2. The Morgan fingerprint density at radius 1 is 0.967 bits per heavy atom. The van der Waals surface area contributed by atoms with Gasteiger partial charge in [-0.15, -0.1) is 0 Å². The molecule has 3 rings (SSSR count). The fourth-order valence-corrected chi connectivity index (χ4v) is 3.45. The average Bonchev–Trinajstić information content (AvgIpc) is 2.78. The summed E-state index contributed by atoms with van der Waals surface area (Å²) in [6.07, 6.45) is 8.39. The molecule has 0 atom stereocenters. The average molecular weight is 408 g/mol. The third kappa shape index (κ3) is 7.70. The van der Waals surface area contributed by atoms with Crippen molar-refractivity contribution in [2.24, 2.45) is 5.10 Å². The highest BCUT2D eigenvalue weighted by Crippen LogP contribution is 2.17. The predicted octanol–water partition coefficient (Wildman–Crippen LogP) is 3.60. The number of hydrogen-bond acceptors (Lipinski definition) is 4. The molecule has 2 aromatic rings. The first-order valence-corrected chi connectivity index (χ1v) is 10.6. The smallest absolute Gasteiger partial charge is 0.258 e. The molecule has 0 aromatic heterocycles. The van der Waals surface area contributed by atoms with Gasteiger partial charge in [-0.05, 0) is 54.7 Å². The van der Waals surface area contributed by atoms with Gasteiger partial charge in [0.2, 0.25) is 5.91 Å². The molecule has 0 aliphatic heterocycles. The first kappa shape index (κ1) is 21.6. The molecule has 0 unspecified atom stereocenters. The van der Waals surface area contributed by atoms with Crippen LogP contribution in [0.2, 0.25) is 0 Å². The van der Waals surface area contributed by atoms with Crippen molar-refractivity contribution < 1.29 is 14.3 Å². The maximum Gasteiger partial charge on any atom is 0.258 e. The molecule has 30 heavy (non-hydrogen) atoms. The highest BCUT2D eigenvalue weighted by molar-refractivity contribution is 5.82. The van der Waals surface area contributed by atoms with Crippen LogP contribution in [0.5, 0.6) is 5.75 Å². The molecule has 158 valence electrons. The molecule has 1 fully saturated rings. The molecular weight excluding hydrogens is 378 g/mol. The van der Waals surface area contributed by atoms with Gasteiger partial charge < -0.3 is 10.1 Å². The predicted molar refractivity (Wildman–Crippen MR) is 117 cm³/mol. The van der Waals surface area contributed by atoms with Crippen molar-refractivity contribution in [2.45, 2.75) is 51.0 Å². The van der Waals surface area contributed by atoms with Crippen molar-refractivity contribution in [3.8, 4) is 5.75 Å². The summed E-state index contributed by atoms with van der Waals surface area (Å²) >= 11 is 0. The van der Waals surface area contributed by atoms with E-state index in [2.05, 4.69) is 15.8 Å². The highest BCUT2D eigenvalue weighted by atomic mass is 16.5. The molecule has 0 heterocycles. The fraction of sp³-hybridized carbons (Fsp3) is 0.375. The fourth-order valence-electron chi connectivity index (χ4n) is 3.45. The number of benzene rings is 2. The van der Waals surface area contributed by atoms with Crippen LogP contribution in [-0.2, 0) is 16.0 Å². The molecule has 2 aromatic carbocycles. The van der Waals surface area contributed by atoms with Crippen molar-refractivity contribution in [3.63, 3.8) is 0 Å². The number of carbonyl (C=O) groups excluding carboxylic acids is 2. The van der Waals surface area contributed by atoms with Crippen LogP contribution in [-0.4, -0.2) is 30.7 Å². The van der Waals surface area contributed by atoms with Crippen LogP contribution in [0.3, 0.4) is 0 Å². The summed E-state index contributed by atoms with van der Waals surface area (Å²) in [5.41, 5.74) is 4.50. The maximum absolute atomic E-state index is 12.0. The first-order chi connectivity index (χ1) is 14.7. The normalized spacial score (nSPS) is 14.4. The van der Waals surface area contributed by atoms with Gasteiger partial charge in [-0.25, -0.2) is 5.43 Å². The molecule has 1 aliphatic carbocycles. The van der Waals surface area contributed by atoms with Crippen LogP contribution in [0.15, 0.2) is 59.7 Å². The Labute approximate surface area is 177 Å². The van der Waals surface area contributed by atoms with E-state index in [1.165, 1.54) is 19.3 Å². The van der Waals surface area contributed by atoms with Gasteiger partial charge in [0.15, 0.2) is 6.61 Å². The van der Waals surface area contributed by atoms with Gasteiger partial charge in [-0.3, -0.25) is 9.59 Å². The Morgan fingerprint density at radius 2 is 1.70 bits per heavy atom. The Kier molecular flexibility index (Phi) is 8.45. The molecule has 0 bridgehead atoms. The quantitative estimate of drug-likeness (QED) is 0.492. The van der Waals surface area contributed by atoms with Gasteiger partial charge in [0, 0.05) is 12.5 Å². The molecule has 0 spiro atoms. The lowest BCUT2D eigenvalue weighted by atomic mass is 9.95. The summed E-state index contributed by atoms with van der Waals surface area (Å²) in [4.78, 5) is 23.9. The lowest BCUT2D eigenvalue weighted by molar-refractivity contribution is -0.124. The van der Waals surface area contributed by atoms with Crippen LogP contribution in [0.1, 0.15) is 49.7 Å². The van der Waals surface area contributed by atoms with E-state index in [-0.39, 0.29) is 24.5 Å². The van der Waals surface area contributed by atoms with Crippen LogP contribution in [0.25, 0.3) is 0 Å². The number of ether oxygens (including phenoxy) is 1. The Hall–Kier alpha value is -3.15. The summed E-state index contributed by atoms with van der Waals surface area (Å²) in [6, 6.07) is 17.4. The summed E-state index contributed by atoms with van der Waals surface area (Å²) < 4.78 is 5.55. The minimum Gasteiger partial charge on any atom is -0.484 e. The molecule has 6 nitrogen and oxygen atoms in total. The number of hydrogen-bond donors (Lipinski definition) is 2. The molecule has 0 saturated heterocycles. The standard InChI is InChI=1S/C24H29N3O3/c28-23(16-13-19-7-3-1-4-8-19)27-25-17-20-11-14-22(15-12-20)30-18-24(29)26-21-9-5-2-6-10-21/h1,3-4,7-8,11-12,14-15,17,21H,2,5-6,9-10,13,16,18H2,(H,26,29)(H,27,28)/b25-17-. The van der Waals surface area contributed by atoms with Crippen LogP contribution >= 0.6 is 0 Å². The van der Waals surface area contributed by atoms with Crippen LogP contribution < -0.4 is 15.5 Å². The van der Waals surface area contributed by atoms with E-state index in [4.69, 9.17) is 4.74 Å². The topological polar surface area (TPSA) is 79.8 Å². The number of rotatable bonds is 9. The third-order valence-electron chi connectivity index (χ3n) is 5.11. The second-order valence-corrected chi connectivity index (χ2v) is 7.54. The lowest BCUT2D eigenvalue weighted by Gasteiger charge is -2.22. The zero-order valence-electron chi connectivity index (χ0n) is 17.2. The van der Waals surface area contributed by atoms with E-state index < -0.39 is 0 Å². The Balaban J connectivity index is 1.35. The van der Waals surface area contributed by atoms with Gasteiger partial charge >= 0.3 is 0 Å². The first-order valence-electron chi connectivity index (χ1n) is 10.6. The van der Waals surface area contributed by atoms with E-state index in [1.807, 2.05) is 42.5 Å². The molecule has 2 amide bonds. The van der Waals surface area contributed by atoms with Gasteiger partial charge in [0.05, 0.1) is 6.21 Å². The number of nitrogens with one attached hydrogen (secondary N) is 2. The van der Waals surface area contributed by atoms with Gasteiger partial charge in [-0.2, -0.15) is 5.10 Å². The second-order valence-electron chi connectivity index (χ2n) is 7.54. The molecule has 2 N–H and O–H groups in total. The second kappa shape index (κ2) is 11.8. The Morgan fingerprint density at radius 3 is 2.43 bits per heavy atom. The summed E-state index contributed by atoms with van der Waals surface area (Å²) in [5, 5.41) is 7.03. The van der Waals surface area contributed by atoms with E-state index in [1.54, 1.807) is 18.3 Å². The summed E-state index contributed by atoms with van der Waals surface area (Å²) in [7, 11) is 0. The van der Waals surface area contributed by atoms with Crippen molar-refractivity contribution in [1.82, 2.24) is 10.7 Å². The summed E-state index contributed by atoms with van der Waals surface area (Å²) in [5.74, 6) is 0.419. The van der Waals surface area contributed by atoms with E-state index >= 15 is 0 Å². The molecule has 1 aliphatic rings. The zero-order chi connectivity index (χ0) is 21.0. The largest absolute Gasteiger partial charge is 0.484 e. The monoisotopic (exact) mass is 407 g/mol. The third-order valence-corrected chi connectivity index (χ3v) is 5.11. The minimum absolute atomic E-state index is 0.0153. The summed E-state index contributed by atoms with van der Waals surface area (Å²) in [6.45, 7) is 0.0153. The van der Waals surface area contributed by atoms with Crippen molar-refractivity contribution in [1.29, 1.82) is 0 Å². The van der Waals surface area contributed by atoms with Crippen LogP contribution in [0.4, 0.5) is 0 Å². The van der Waals surface area contributed by atoms with E-state index in [0.29, 0.717) is 18.6 Å². The van der Waals surface area contributed by atoms with Gasteiger partial charge in [0.1, 0.15) is 5.75 Å². The Bertz CT molecular complexity index is 829.